The van der Waals surface area contributed by atoms with Gasteiger partial charge in [-0.2, -0.15) is 0 Å². The number of aryl methyl sites for hydroxylation is 1. The van der Waals surface area contributed by atoms with E-state index in [0.29, 0.717) is 25.1 Å². The highest BCUT2D eigenvalue weighted by Crippen LogP contribution is 2.27. The zero-order chi connectivity index (χ0) is 19.3. The van der Waals surface area contributed by atoms with Crippen LogP contribution in [-0.2, 0) is 17.7 Å². The van der Waals surface area contributed by atoms with Crippen molar-refractivity contribution < 1.29 is 4.74 Å². The standard InChI is InChI=1S/C21H29N5O2/c1-2-18-4-3-16(14-22-18)15-25-7-5-17(6-8-25)19-13-20(27)24-21(23-19)26-9-11-28-12-10-26/h3-4,13-14,17H,2,5-12,15H2,1H3,(H,23,24,27). The Morgan fingerprint density at radius 1 is 1.18 bits per heavy atom. The smallest absolute Gasteiger partial charge is 0.252 e. The Labute approximate surface area is 165 Å². The van der Waals surface area contributed by atoms with Crippen LogP contribution in [0, 0.1) is 0 Å². The molecule has 1 N–H and O–H groups in total. The molecule has 0 spiro atoms. The Balaban J connectivity index is 1.37. The number of nitrogens with one attached hydrogen (secondary N) is 1. The maximum absolute atomic E-state index is 12.2. The third-order valence-electron chi connectivity index (χ3n) is 5.72. The Kier molecular flexibility index (Phi) is 6.02. The van der Waals surface area contributed by atoms with E-state index in [-0.39, 0.29) is 5.56 Å². The first-order chi connectivity index (χ1) is 13.7. The number of ether oxygens (including phenoxy) is 1. The average Bonchev–Trinajstić information content (AvgIpc) is 2.75. The molecular formula is C21H29N5O2. The maximum atomic E-state index is 12.2. The highest BCUT2D eigenvalue weighted by Gasteiger charge is 2.23. The summed E-state index contributed by atoms with van der Waals surface area (Å²) in [5.41, 5.74) is 3.27. The quantitative estimate of drug-likeness (QED) is 0.851. The molecule has 0 bridgehead atoms. The number of likely N-dealkylation sites (tertiary alicyclic amines) is 1. The van der Waals surface area contributed by atoms with Crippen LogP contribution in [0.25, 0.3) is 0 Å². The highest BCUT2D eigenvalue weighted by molar-refractivity contribution is 5.31. The van der Waals surface area contributed by atoms with E-state index in [0.717, 1.165) is 63.4 Å². The third-order valence-corrected chi connectivity index (χ3v) is 5.72. The van der Waals surface area contributed by atoms with E-state index in [2.05, 4.69) is 38.8 Å². The maximum Gasteiger partial charge on any atom is 0.252 e. The molecule has 2 aliphatic rings. The molecule has 2 aromatic rings. The van der Waals surface area contributed by atoms with Gasteiger partial charge in [0.1, 0.15) is 0 Å². The van der Waals surface area contributed by atoms with Crippen LogP contribution in [0.4, 0.5) is 5.95 Å². The van der Waals surface area contributed by atoms with Crippen molar-refractivity contribution >= 4 is 5.95 Å². The van der Waals surface area contributed by atoms with E-state index in [1.807, 2.05) is 6.20 Å². The second-order valence-electron chi connectivity index (χ2n) is 7.66. The molecule has 7 nitrogen and oxygen atoms in total. The van der Waals surface area contributed by atoms with Crippen LogP contribution in [0.2, 0.25) is 0 Å². The lowest BCUT2D eigenvalue weighted by Gasteiger charge is -2.32. The fourth-order valence-electron chi connectivity index (χ4n) is 4.00. The first-order valence-corrected chi connectivity index (χ1v) is 10.3. The highest BCUT2D eigenvalue weighted by atomic mass is 16.5. The zero-order valence-corrected chi connectivity index (χ0v) is 16.6. The molecule has 0 saturated carbocycles. The number of piperidine rings is 1. The van der Waals surface area contributed by atoms with E-state index >= 15 is 0 Å². The van der Waals surface area contributed by atoms with Gasteiger partial charge in [-0.15, -0.1) is 0 Å². The van der Waals surface area contributed by atoms with Gasteiger partial charge in [0, 0.05) is 43.5 Å². The summed E-state index contributed by atoms with van der Waals surface area (Å²) >= 11 is 0. The van der Waals surface area contributed by atoms with Crippen LogP contribution in [0.5, 0.6) is 0 Å². The van der Waals surface area contributed by atoms with Crippen LogP contribution >= 0.6 is 0 Å². The van der Waals surface area contributed by atoms with Crippen LogP contribution < -0.4 is 10.5 Å². The largest absolute Gasteiger partial charge is 0.378 e. The second kappa shape index (κ2) is 8.84. The summed E-state index contributed by atoms with van der Waals surface area (Å²) in [5.74, 6) is 1.04. The molecule has 28 heavy (non-hydrogen) atoms. The summed E-state index contributed by atoms with van der Waals surface area (Å²) in [6, 6.07) is 5.98. The molecule has 2 aromatic heterocycles. The number of hydrogen-bond donors (Lipinski definition) is 1. The predicted octanol–water partition coefficient (Wildman–Crippen LogP) is 1.94. The van der Waals surface area contributed by atoms with Gasteiger partial charge in [0.25, 0.3) is 5.56 Å². The van der Waals surface area contributed by atoms with Crippen LogP contribution in [0.3, 0.4) is 0 Å². The number of H-pyrrole nitrogens is 1. The van der Waals surface area contributed by atoms with Crippen molar-refractivity contribution in [2.24, 2.45) is 0 Å². The number of pyridine rings is 1. The van der Waals surface area contributed by atoms with Gasteiger partial charge >= 0.3 is 0 Å². The molecule has 0 unspecified atom stereocenters. The van der Waals surface area contributed by atoms with Gasteiger partial charge in [-0.3, -0.25) is 19.7 Å². The molecule has 2 saturated heterocycles. The number of morpholine rings is 1. The van der Waals surface area contributed by atoms with Gasteiger partial charge in [0.2, 0.25) is 5.95 Å². The van der Waals surface area contributed by atoms with Gasteiger partial charge in [0.15, 0.2) is 0 Å². The lowest BCUT2D eigenvalue weighted by molar-refractivity contribution is 0.122. The summed E-state index contributed by atoms with van der Waals surface area (Å²) < 4.78 is 5.40. The molecule has 2 fully saturated rings. The molecule has 0 atom stereocenters. The Hall–Kier alpha value is -2.25. The number of nitrogens with zero attached hydrogens (tertiary/aromatic N) is 4. The number of aromatic nitrogens is 3. The molecule has 4 rings (SSSR count). The minimum atomic E-state index is -0.0593. The van der Waals surface area contributed by atoms with Gasteiger partial charge < -0.3 is 9.64 Å². The van der Waals surface area contributed by atoms with Crippen molar-refractivity contribution in [2.75, 3.05) is 44.3 Å². The number of anilines is 1. The molecule has 0 radical (unpaired) electrons. The minimum Gasteiger partial charge on any atom is -0.378 e. The average molecular weight is 383 g/mol. The van der Waals surface area contributed by atoms with Crippen LogP contribution in [-0.4, -0.2) is 59.2 Å². The van der Waals surface area contributed by atoms with Crippen LogP contribution in [0.1, 0.15) is 42.6 Å². The van der Waals surface area contributed by atoms with E-state index in [1.54, 1.807) is 6.07 Å². The van der Waals surface area contributed by atoms with Crippen molar-refractivity contribution in [3.8, 4) is 0 Å². The van der Waals surface area contributed by atoms with Gasteiger partial charge in [-0.25, -0.2) is 4.98 Å². The van der Waals surface area contributed by atoms with Crippen molar-refractivity contribution in [2.45, 2.75) is 38.6 Å². The lowest BCUT2D eigenvalue weighted by atomic mass is 9.93. The van der Waals surface area contributed by atoms with Crippen molar-refractivity contribution in [3.63, 3.8) is 0 Å². The van der Waals surface area contributed by atoms with Crippen molar-refractivity contribution in [1.29, 1.82) is 0 Å². The first kappa shape index (κ1) is 19.1. The first-order valence-electron chi connectivity index (χ1n) is 10.3. The molecule has 150 valence electrons. The zero-order valence-electron chi connectivity index (χ0n) is 16.6. The van der Waals surface area contributed by atoms with E-state index in [1.165, 1.54) is 5.56 Å². The van der Waals surface area contributed by atoms with Gasteiger partial charge in [0.05, 0.1) is 18.9 Å². The Bertz CT molecular complexity index is 821. The number of aromatic amines is 1. The Morgan fingerprint density at radius 2 is 1.96 bits per heavy atom. The Morgan fingerprint density at radius 3 is 2.64 bits per heavy atom. The fraction of sp³-hybridized carbons (Fsp3) is 0.571. The molecule has 0 aliphatic carbocycles. The van der Waals surface area contributed by atoms with Crippen LogP contribution in [0.15, 0.2) is 29.2 Å². The molecular weight excluding hydrogens is 354 g/mol. The topological polar surface area (TPSA) is 74.4 Å². The number of hydrogen-bond acceptors (Lipinski definition) is 6. The minimum absolute atomic E-state index is 0.0593. The molecule has 0 aromatic carbocycles. The van der Waals surface area contributed by atoms with E-state index < -0.39 is 0 Å². The lowest BCUT2D eigenvalue weighted by Crippen LogP contribution is -2.39. The van der Waals surface area contributed by atoms with Crippen molar-refractivity contribution in [3.05, 3.63) is 51.7 Å². The molecule has 7 heteroatoms. The van der Waals surface area contributed by atoms with Gasteiger partial charge in [-0.05, 0) is 44.0 Å². The molecule has 2 aliphatic heterocycles. The predicted molar refractivity (Wildman–Crippen MR) is 109 cm³/mol. The monoisotopic (exact) mass is 383 g/mol. The summed E-state index contributed by atoms with van der Waals surface area (Å²) in [5, 5.41) is 0. The molecule has 4 heterocycles. The number of rotatable bonds is 5. The van der Waals surface area contributed by atoms with Crippen molar-refractivity contribution in [1.82, 2.24) is 19.9 Å². The summed E-state index contributed by atoms with van der Waals surface area (Å²) in [6.07, 6.45) is 5.03. The summed E-state index contributed by atoms with van der Waals surface area (Å²) in [6.45, 7) is 8.00. The summed E-state index contributed by atoms with van der Waals surface area (Å²) in [7, 11) is 0. The fourth-order valence-corrected chi connectivity index (χ4v) is 4.00. The van der Waals surface area contributed by atoms with E-state index in [9.17, 15) is 4.79 Å². The third kappa shape index (κ3) is 4.59. The molecule has 0 amide bonds. The van der Waals surface area contributed by atoms with E-state index in [4.69, 9.17) is 9.72 Å². The second-order valence-corrected chi connectivity index (χ2v) is 7.66. The normalized spacial score (nSPS) is 19.1. The van der Waals surface area contributed by atoms with Gasteiger partial charge in [-0.1, -0.05) is 13.0 Å². The summed E-state index contributed by atoms with van der Waals surface area (Å²) in [4.78, 5) is 28.9. The SMILES string of the molecule is CCc1ccc(CN2CCC(c3cc(=O)[nH]c(N4CCOCC4)n3)CC2)cn1.